The molecule has 0 amide bonds. The Kier molecular flexibility index (Phi) is 2.82. The van der Waals surface area contributed by atoms with E-state index in [2.05, 4.69) is 34.9 Å². The number of amidine groups is 1. The summed E-state index contributed by atoms with van der Waals surface area (Å²) >= 11 is -1.60. The molecule has 0 fully saturated rings. The van der Waals surface area contributed by atoms with Crippen LogP contribution in [0.25, 0.3) is 0 Å². The number of nitrogens with zero attached hydrogens (tertiary/aromatic N) is 1. The van der Waals surface area contributed by atoms with E-state index in [1.165, 1.54) is 5.56 Å². The van der Waals surface area contributed by atoms with Gasteiger partial charge < -0.3 is 0 Å². The lowest BCUT2D eigenvalue weighted by Gasteiger charge is -2.18. The number of hydrogen-bond donors (Lipinski definition) is 1. The second kappa shape index (κ2) is 3.99. The van der Waals surface area contributed by atoms with Gasteiger partial charge in [0.05, 0.1) is 0 Å². The third-order valence-electron chi connectivity index (χ3n) is 2.40. The number of hydroxylamine groups is 1. The second-order valence-corrected chi connectivity index (χ2v) is 5.45. The van der Waals surface area contributed by atoms with E-state index in [1.54, 1.807) is 0 Å². The Morgan fingerprint density at radius 3 is 2.31 bits per heavy atom. The Morgan fingerprint density at radius 2 is 1.88 bits per heavy atom. The van der Waals surface area contributed by atoms with Gasteiger partial charge in [-0.05, 0) is 11.0 Å². The first-order valence-corrected chi connectivity index (χ1v) is 6.05. The minimum absolute atomic E-state index is 0.128. The van der Waals surface area contributed by atoms with Crippen molar-refractivity contribution < 1.29 is 8.49 Å². The van der Waals surface area contributed by atoms with Gasteiger partial charge in [0.25, 0.3) is 0 Å². The van der Waals surface area contributed by atoms with E-state index >= 15 is 0 Å². The molecule has 5 heteroatoms. The summed E-state index contributed by atoms with van der Waals surface area (Å²) in [6.07, 6.45) is 0. The molecule has 1 atom stereocenters. The molecule has 0 radical (unpaired) electrons. The molecule has 0 bridgehead atoms. The van der Waals surface area contributed by atoms with Crippen LogP contribution < -0.4 is 5.48 Å². The number of benzene rings is 1. The molecule has 0 spiro atoms. The molecule has 1 aromatic rings. The molecule has 1 unspecified atom stereocenters. The van der Waals surface area contributed by atoms with Crippen molar-refractivity contribution in [2.75, 3.05) is 0 Å². The van der Waals surface area contributed by atoms with Gasteiger partial charge in [0.2, 0.25) is 0 Å². The van der Waals surface area contributed by atoms with Gasteiger partial charge in [-0.2, -0.15) is 4.28 Å². The highest BCUT2D eigenvalue weighted by molar-refractivity contribution is 7.79. The van der Waals surface area contributed by atoms with Gasteiger partial charge in [-0.15, -0.1) is 4.40 Å². The zero-order chi connectivity index (χ0) is 11.8. The van der Waals surface area contributed by atoms with E-state index in [9.17, 15) is 4.21 Å². The summed E-state index contributed by atoms with van der Waals surface area (Å²) in [5, 5.41) is 0. The Hall–Kier alpha value is -1.20. The number of rotatable bonds is 1. The molecule has 86 valence electrons. The first-order valence-electron chi connectivity index (χ1n) is 5.02. The molecule has 0 saturated heterocycles. The molecule has 1 aromatic carbocycles. The van der Waals surface area contributed by atoms with Crippen molar-refractivity contribution in [3.8, 4) is 0 Å². The van der Waals surface area contributed by atoms with Gasteiger partial charge in [0.1, 0.15) is 0 Å². The Morgan fingerprint density at radius 1 is 1.25 bits per heavy atom. The maximum atomic E-state index is 10.9. The molecular formula is C11H14N2O2S. The molecule has 1 aliphatic rings. The molecule has 0 aromatic heterocycles. The molecule has 16 heavy (non-hydrogen) atoms. The van der Waals surface area contributed by atoms with E-state index in [-0.39, 0.29) is 5.41 Å². The first-order chi connectivity index (χ1) is 7.47. The molecule has 1 aliphatic heterocycles. The monoisotopic (exact) mass is 238 g/mol. The maximum Gasteiger partial charge on any atom is 0.309 e. The lowest BCUT2D eigenvalue weighted by atomic mass is 9.87. The third kappa shape index (κ3) is 2.31. The summed E-state index contributed by atoms with van der Waals surface area (Å²) in [5.74, 6) is 0.513. The SMILES string of the molecule is CC(C)(C)c1ccc(C2=NS(=O)ON2)cc1. The van der Waals surface area contributed by atoms with Crippen LogP contribution >= 0.6 is 0 Å². The van der Waals surface area contributed by atoms with Crippen molar-refractivity contribution in [3.05, 3.63) is 35.4 Å². The summed E-state index contributed by atoms with van der Waals surface area (Å²) in [7, 11) is 0. The number of hydrogen-bond acceptors (Lipinski definition) is 3. The summed E-state index contributed by atoms with van der Waals surface area (Å²) < 4.78 is 19.3. The van der Waals surface area contributed by atoms with Crippen molar-refractivity contribution in [2.45, 2.75) is 26.2 Å². The highest BCUT2D eigenvalue weighted by Crippen LogP contribution is 2.22. The molecule has 0 saturated carbocycles. The summed E-state index contributed by atoms with van der Waals surface area (Å²) in [5.41, 5.74) is 4.78. The van der Waals surface area contributed by atoms with Gasteiger partial charge in [-0.1, -0.05) is 45.0 Å². The Balaban J connectivity index is 2.27. The fraction of sp³-hybridized carbons (Fsp3) is 0.364. The molecule has 1 N–H and O–H groups in total. The van der Waals surface area contributed by atoms with Crippen LogP contribution in [0.15, 0.2) is 28.7 Å². The van der Waals surface area contributed by atoms with Gasteiger partial charge in [0.15, 0.2) is 5.84 Å². The number of nitrogens with one attached hydrogen (secondary N) is 1. The van der Waals surface area contributed by atoms with Crippen molar-refractivity contribution in [1.29, 1.82) is 0 Å². The predicted octanol–water partition coefficient (Wildman–Crippen LogP) is 1.84. The van der Waals surface area contributed by atoms with Crippen LogP contribution in [0.4, 0.5) is 0 Å². The van der Waals surface area contributed by atoms with Crippen LogP contribution in [0.2, 0.25) is 0 Å². The zero-order valence-electron chi connectivity index (χ0n) is 9.48. The minimum Gasteiger partial charge on any atom is -0.231 e. The van der Waals surface area contributed by atoms with E-state index < -0.39 is 11.3 Å². The fourth-order valence-electron chi connectivity index (χ4n) is 1.43. The van der Waals surface area contributed by atoms with Crippen molar-refractivity contribution in [3.63, 3.8) is 0 Å². The minimum atomic E-state index is -1.60. The molecular weight excluding hydrogens is 224 g/mol. The normalized spacial score (nSPS) is 20.4. The fourth-order valence-corrected chi connectivity index (χ4v) is 1.91. The van der Waals surface area contributed by atoms with E-state index in [0.717, 1.165) is 5.56 Å². The second-order valence-electron chi connectivity index (χ2n) is 4.67. The van der Waals surface area contributed by atoms with E-state index in [1.807, 2.05) is 24.3 Å². The van der Waals surface area contributed by atoms with Crippen molar-refractivity contribution in [2.24, 2.45) is 4.40 Å². The summed E-state index contributed by atoms with van der Waals surface area (Å²) in [6, 6.07) is 7.97. The van der Waals surface area contributed by atoms with E-state index in [4.69, 9.17) is 0 Å². The van der Waals surface area contributed by atoms with Crippen LogP contribution in [-0.4, -0.2) is 10.0 Å². The first kappa shape index (κ1) is 11.3. The average Bonchev–Trinajstić information content (AvgIpc) is 2.64. The highest BCUT2D eigenvalue weighted by Gasteiger charge is 2.17. The molecule has 0 aliphatic carbocycles. The smallest absolute Gasteiger partial charge is 0.231 e. The predicted molar refractivity (Wildman–Crippen MR) is 64.0 cm³/mol. The average molecular weight is 238 g/mol. The molecule has 1 heterocycles. The topological polar surface area (TPSA) is 50.7 Å². The Bertz CT molecular complexity index is 446. The lowest BCUT2D eigenvalue weighted by Crippen LogP contribution is -2.18. The molecule has 4 nitrogen and oxygen atoms in total. The zero-order valence-corrected chi connectivity index (χ0v) is 10.3. The standard InChI is InChI=1S/C11H14N2O2S/c1-11(2,3)9-6-4-8(5-7-9)10-12-15-16(14)13-10/h4-7H,1-3H3,(H,12,13). The van der Waals surface area contributed by atoms with Crippen LogP contribution in [0, 0.1) is 0 Å². The van der Waals surface area contributed by atoms with Gasteiger partial charge in [0, 0.05) is 5.56 Å². The van der Waals surface area contributed by atoms with E-state index in [0.29, 0.717) is 5.84 Å². The van der Waals surface area contributed by atoms with Crippen LogP contribution in [0.3, 0.4) is 0 Å². The largest absolute Gasteiger partial charge is 0.309 e. The third-order valence-corrected chi connectivity index (χ3v) is 2.96. The maximum absolute atomic E-state index is 10.9. The van der Waals surface area contributed by atoms with Crippen LogP contribution in [0.1, 0.15) is 31.9 Å². The van der Waals surface area contributed by atoms with Gasteiger partial charge >= 0.3 is 11.3 Å². The van der Waals surface area contributed by atoms with Crippen molar-refractivity contribution >= 4 is 17.1 Å². The van der Waals surface area contributed by atoms with Crippen molar-refractivity contribution in [1.82, 2.24) is 5.48 Å². The summed E-state index contributed by atoms with van der Waals surface area (Å²) in [4.78, 5) is 0. The van der Waals surface area contributed by atoms with Crippen LogP contribution in [0.5, 0.6) is 0 Å². The Labute approximate surface area is 97.5 Å². The van der Waals surface area contributed by atoms with Crippen LogP contribution in [-0.2, 0) is 21.0 Å². The van der Waals surface area contributed by atoms with Gasteiger partial charge in [-0.3, -0.25) is 0 Å². The lowest BCUT2D eigenvalue weighted by molar-refractivity contribution is 0.306. The quantitative estimate of drug-likeness (QED) is 0.812. The molecule has 2 rings (SSSR count). The summed E-state index contributed by atoms with van der Waals surface area (Å²) in [6.45, 7) is 6.47. The highest BCUT2D eigenvalue weighted by atomic mass is 32.2. The van der Waals surface area contributed by atoms with Gasteiger partial charge in [-0.25, -0.2) is 9.69 Å².